The van der Waals surface area contributed by atoms with Gasteiger partial charge in [-0.25, -0.2) is 4.39 Å². The van der Waals surface area contributed by atoms with Gasteiger partial charge in [0.1, 0.15) is 17.7 Å². The molecule has 5 nitrogen and oxygen atoms in total. The summed E-state index contributed by atoms with van der Waals surface area (Å²) >= 11 is 0. The molecule has 0 aliphatic carbocycles. The molecule has 3 atom stereocenters. The van der Waals surface area contributed by atoms with Crippen molar-refractivity contribution in [3.8, 4) is 5.75 Å². The van der Waals surface area contributed by atoms with Gasteiger partial charge in [-0.1, -0.05) is 42.0 Å². The topological polar surface area (TPSA) is 66.8 Å². The van der Waals surface area contributed by atoms with Crippen LogP contribution in [0, 0.1) is 18.7 Å². The zero-order chi connectivity index (χ0) is 23.5. The van der Waals surface area contributed by atoms with Crippen LogP contribution >= 0.6 is 0 Å². The number of esters is 1. The minimum atomic E-state index is -0.565. The highest BCUT2D eigenvalue weighted by Crippen LogP contribution is 2.46. The average Bonchev–Trinajstić information content (AvgIpc) is 2.79. The number of anilines is 1. The molecule has 1 unspecified atom stereocenters. The largest absolute Gasteiger partial charge is 0.508 e. The molecule has 1 heterocycles. The Hall–Kier alpha value is -3.67. The molecule has 1 amide bonds. The highest BCUT2D eigenvalue weighted by Gasteiger charge is 2.48. The highest BCUT2D eigenvalue weighted by atomic mass is 19.1. The van der Waals surface area contributed by atoms with Gasteiger partial charge >= 0.3 is 5.97 Å². The molecule has 33 heavy (non-hydrogen) atoms. The van der Waals surface area contributed by atoms with Crippen LogP contribution in [0.15, 0.2) is 72.8 Å². The summed E-state index contributed by atoms with van der Waals surface area (Å²) in [4.78, 5) is 26.7. The number of β-lactam (4-membered cyclic amide) rings is 1. The number of ether oxygens (including phenoxy) is 1. The van der Waals surface area contributed by atoms with E-state index in [2.05, 4.69) is 0 Å². The molecule has 1 N–H and O–H groups in total. The molecule has 0 radical (unpaired) electrons. The lowest BCUT2D eigenvalue weighted by atomic mass is 9.78. The minimum Gasteiger partial charge on any atom is -0.508 e. The van der Waals surface area contributed by atoms with Gasteiger partial charge in [-0.2, -0.15) is 0 Å². The van der Waals surface area contributed by atoms with E-state index in [0.717, 1.165) is 16.8 Å². The molecular weight excluding hydrogens is 421 g/mol. The second-order valence-electron chi connectivity index (χ2n) is 8.41. The van der Waals surface area contributed by atoms with Gasteiger partial charge in [0, 0.05) is 12.6 Å². The van der Waals surface area contributed by atoms with Crippen molar-refractivity contribution in [1.82, 2.24) is 0 Å². The van der Waals surface area contributed by atoms with Crippen LogP contribution in [-0.4, -0.2) is 17.0 Å². The van der Waals surface area contributed by atoms with E-state index in [1.807, 2.05) is 43.3 Å². The summed E-state index contributed by atoms with van der Waals surface area (Å²) < 4.78 is 18.9. The van der Waals surface area contributed by atoms with Gasteiger partial charge in [0.2, 0.25) is 5.91 Å². The molecule has 6 heteroatoms. The molecule has 3 aromatic carbocycles. The molecule has 1 saturated heterocycles. The number of rotatable bonds is 7. The third kappa shape index (κ3) is 4.90. The van der Waals surface area contributed by atoms with E-state index in [4.69, 9.17) is 4.74 Å². The number of phenols is 1. The number of hydrogen-bond donors (Lipinski definition) is 1. The molecule has 0 saturated carbocycles. The fourth-order valence-corrected chi connectivity index (χ4v) is 4.38. The molecular formula is C27H26FNO4. The van der Waals surface area contributed by atoms with Crippen LogP contribution < -0.4 is 4.90 Å². The average molecular weight is 448 g/mol. The van der Waals surface area contributed by atoms with Crippen molar-refractivity contribution in [2.45, 2.75) is 38.8 Å². The number of amides is 1. The van der Waals surface area contributed by atoms with Gasteiger partial charge < -0.3 is 14.7 Å². The van der Waals surface area contributed by atoms with Gasteiger partial charge in [-0.05, 0) is 67.3 Å². The van der Waals surface area contributed by atoms with Crippen molar-refractivity contribution in [2.24, 2.45) is 5.92 Å². The Kier molecular flexibility index (Phi) is 6.45. The van der Waals surface area contributed by atoms with Crippen molar-refractivity contribution in [1.29, 1.82) is 0 Å². The smallest absolute Gasteiger partial charge is 0.303 e. The van der Waals surface area contributed by atoms with E-state index in [0.29, 0.717) is 18.4 Å². The quantitative estimate of drug-likeness (QED) is 0.377. The van der Waals surface area contributed by atoms with E-state index in [1.54, 1.807) is 29.2 Å². The van der Waals surface area contributed by atoms with Crippen molar-refractivity contribution < 1.29 is 23.8 Å². The highest BCUT2D eigenvalue weighted by molar-refractivity contribution is 6.03. The van der Waals surface area contributed by atoms with Crippen LogP contribution in [0.25, 0.3) is 0 Å². The molecule has 0 aromatic heterocycles. The van der Waals surface area contributed by atoms with Crippen LogP contribution in [0.1, 0.15) is 48.6 Å². The van der Waals surface area contributed by atoms with Gasteiger partial charge in [-0.15, -0.1) is 0 Å². The Morgan fingerprint density at radius 1 is 1.03 bits per heavy atom. The molecule has 1 aliphatic rings. The maximum absolute atomic E-state index is 13.4. The number of aryl methyl sites for hydroxylation is 1. The number of benzene rings is 3. The third-order valence-electron chi connectivity index (χ3n) is 6.05. The minimum absolute atomic E-state index is 0.00221. The van der Waals surface area contributed by atoms with Gasteiger partial charge in [-0.3, -0.25) is 9.59 Å². The van der Waals surface area contributed by atoms with Crippen LogP contribution in [0.3, 0.4) is 0 Å². The van der Waals surface area contributed by atoms with Crippen molar-refractivity contribution in [3.05, 3.63) is 95.3 Å². The second-order valence-corrected chi connectivity index (χ2v) is 8.41. The van der Waals surface area contributed by atoms with E-state index in [-0.39, 0.29) is 29.4 Å². The number of halogens is 1. The van der Waals surface area contributed by atoms with Gasteiger partial charge in [0.25, 0.3) is 0 Å². The summed E-state index contributed by atoms with van der Waals surface area (Å²) in [6.07, 6.45) is 0.352. The van der Waals surface area contributed by atoms with E-state index < -0.39 is 12.1 Å². The monoisotopic (exact) mass is 447 g/mol. The first kappa shape index (κ1) is 22.5. The van der Waals surface area contributed by atoms with Crippen molar-refractivity contribution in [3.63, 3.8) is 0 Å². The summed E-state index contributed by atoms with van der Waals surface area (Å²) in [6, 6.07) is 20.3. The van der Waals surface area contributed by atoms with Crippen LogP contribution in [0.4, 0.5) is 10.1 Å². The maximum Gasteiger partial charge on any atom is 0.303 e. The fourth-order valence-electron chi connectivity index (χ4n) is 4.38. The molecule has 1 aliphatic heterocycles. The van der Waals surface area contributed by atoms with Crippen LogP contribution in [-0.2, 0) is 14.3 Å². The number of carbonyl (C=O) groups excluding carboxylic acids is 2. The molecule has 4 rings (SSSR count). The predicted molar refractivity (Wildman–Crippen MR) is 123 cm³/mol. The fraction of sp³-hybridized carbons (Fsp3) is 0.259. The number of nitrogens with zero attached hydrogens (tertiary/aromatic N) is 1. The van der Waals surface area contributed by atoms with E-state index in [9.17, 15) is 19.1 Å². The Bertz CT molecular complexity index is 1130. The number of hydrogen-bond acceptors (Lipinski definition) is 4. The Labute approximate surface area is 192 Å². The summed E-state index contributed by atoms with van der Waals surface area (Å²) in [5.74, 6) is -0.947. The van der Waals surface area contributed by atoms with E-state index >= 15 is 0 Å². The molecule has 3 aromatic rings. The number of aromatic hydroxyl groups is 1. The summed E-state index contributed by atoms with van der Waals surface area (Å²) in [5, 5.41) is 9.71. The van der Waals surface area contributed by atoms with Crippen molar-refractivity contribution in [2.75, 3.05) is 4.90 Å². The molecule has 170 valence electrons. The predicted octanol–water partition coefficient (Wildman–Crippen LogP) is 5.63. The Morgan fingerprint density at radius 3 is 2.27 bits per heavy atom. The Morgan fingerprint density at radius 2 is 1.67 bits per heavy atom. The van der Waals surface area contributed by atoms with Gasteiger partial charge in [0.15, 0.2) is 0 Å². The molecule has 0 bridgehead atoms. The lowest BCUT2D eigenvalue weighted by molar-refractivity contribution is -0.147. The number of carbonyl (C=O) groups is 2. The van der Waals surface area contributed by atoms with Gasteiger partial charge in [0.05, 0.1) is 12.0 Å². The zero-order valence-electron chi connectivity index (χ0n) is 18.6. The third-order valence-corrected chi connectivity index (χ3v) is 6.05. The summed E-state index contributed by atoms with van der Waals surface area (Å²) in [5.41, 5.74) is 3.53. The normalized spacial score (nSPS) is 18.5. The first-order valence-electron chi connectivity index (χ1n) is 10.9. The lowest BCUT2D eigenvalue weighted by Gasteiger charge is -2.48. The van der Waals surface area contributed by atoms with Crippen LogP contribution in [0.2, 0.25) is 0 Å². The SMILES string of the molecule is CC(=O)O[C@@H](CCC1C(=O)N(c2ccc(C)cc2)[C@@H]1c1ccc(O)cc1)c1ccc(F)cc1. The molecule has 0 spiro atoms. The maximum atomic E-state index is 13.4. The first-order valence-corrected chi connectivity index (χ1v) is 10.9. The Balaban J connectivity index is 1.58. The lowest BCUT2D eigenvalue weighted by Crippen LogP contribution is -2.55. The number of phenolic OH excluding ortho intramolecular Hbond substituents is 1. The van der Waals surface area contributed by atoms with E-state index in [1.165, 1.54) is 19.1 Å². The zero-order valence-corrected chi connectivity index (χ0v) is 18.6. The first-order chi connectivity index (χ1) is 15.8. The summed E-state index contributed by atoms with van der Waals surface area (Å²) in [7, 11) is 0. The van der Waals surface area contributed by atoms with Crippen LogP contribution in [0.5, 0.6) is 5.75 Å². The summed E-state index contributed by atoms with van der Waals surface area (Å²) in [6.45, 7) is 3.33. The van der Waals surface area contributed by atoms with Crippen molar-refractivity contribution >= 4 is 17.6 Å². The molecule has 1 fully saturated rings. The standard InChI is InChI=1S/C27H26FNO4/c1-17-3-11-22(12-4-17)29-26(20-7-13-23(31)14-8-20)24(27(29)32)15-16-25(33-18(2)30)19-5-9-21(28)10-6-19/h3-14,24-26,31H,15-16H2,1-2H3/t24?,25-,26+/m0/s1. The second kappa shape index (κ2) is 9.45.